The number of para-hydroxylation sites is 1. The van der Waals surface area contributed by atoms with Gasteiger partial charge in [-0.1, -0.05) is 36.4 Å². The highest BCUT2D eigenvalue weighted by molar-refractivity contribution is 8.14. The van der Waals surface area contributed by atoms with Gasteiger partial charge in [0.1, 0.15) is 0 Å². The molecule has 1 aromatic rings. The molecule has 0 bridgehead atoms. The lowest BCUT2D eigenvalue weighted by Gasteiger charge is -2.36. The number of fused-ring (bicyclic) bond motifs is 1. The summed E-state index contributed by atoms with van der Waals surface area (Å²) in [6.45, 7) is 3.16. The molecular formula is C20H24N4O2S. The topological polar surface area (TPSA) is 65.3 Å². The number of urea groups is 1. The number of carbonyl (C=O) groups excluding carboxylic acids is 2. The number of anilines is 1. The second-order valence-corrected chi connectivity index (χ2v) is 8.12. The van der Waals surface area contributed by atoms with E-state index < -0.39 is 6.03 Å². The highest BCUT2D eigenvalue weighted by Gasteiger charge is 2.31. The molecule has 2 heterocycles. The zero-order valence-corrected chi connectivity index (χ0v) is 16.2. The van der Waals surface area contributed by atoms with Gasteiger partial charge in [-0.2, -0.15) is 4.99 Å². The molecule has 1 unspecified atom stereocenters. The Morgan fingerprint density at radius 2 is 1.85 bits per heavy atom. The number of hydrogen-bond donors (Lipinski definition) is 0. The summed E-state index contributed by atoms with van der Waals surface area (Å²) in [5.41, 5.74) is 2.17. The van der Waals surface area contributed by atoms with Crippen LogP contribution in [0.4, 0.5) is 10.5 Å². The van der Waals surface area contributed by atoms with E-state index in [1.54, 1.807) is 0 Å². The maximum Gasteiger partial charge on any atom is 0.367 e. The van der Waals surface area contributed by atoms with Crippen LogP contribution in [0.1, 0.15) is 25.7 Å². The molecule has 7 heteroatoms. The van der Waals surface area contributed by atoms with Crippen molar-refractivity contribution in [2.45, 2.75) is 25.7 Å². The highest BCUT2D eigenvalue weighted by Crippen LogP contribution is 2.30. The summed E-state index contributed by atoms with van der Waals surface area (Å²) in [6.07, 6.45) is 4.09. The number of hydrogen-bond acceptors (Lipinski definition) is 4. The lowest BCUT2D eigenvalue weighted by Crippen LogP contribution is -2.49. The van der Waals surface area contributed by atoms with Crippen molar-refractivity contribution in [1.82, 2.24) is 4.90 Å². The average molecular weight is 385 g/mol. The van der Waals surface area contributed by atoms with E-state index in [4.69, 9.17) is 0 Å². The molecule has 0 aromatic heterocycles. The SMILES string of the molecule is O=C1N=C2CCCCC2C(SCC(=O)N2CCN(c3ccccc3)CC2)=N1. The molecule has 2 fully saturated rings. The summed E-state index contributed by atoms with van der Waals surface area (Å²) in [7, 11) is 0. The van der Waals surface area contributed by atoms with Crippen molar-refractivity contribution in [3.05, 3.63) is 30.3 Å². The highest BCUT2D eigenvalue weighted by atomic mass is 32.2. The van der Waals surface area contributed by atoms with E-state index in [9.17, 15) is 9.59 Å². The molecule has 0 spiro atoms. The molecule has 4 rings (SSSR count). The van der Waals surface area contributed by atoms with Gasteiger partial charge in [-0.15, -0.1) is 0 Å². The fourth-order valence-corrected chi connectivity index (χ4v) is 4.98. The van der Waals surface area contributed by atoms with E-state index in [-0.39, 0.29) is 11.8 Å². The fraction of sp³-hybridized carbons (Fsp3) is 0.500. The van der Waals surface area contributed by atoms with Crippen LogP contribution in [0.15, 0.2) is 40.3 Å². The van der Waals surface area contributed by atoms with Gasteiger partial charge < -0.3 is 9.80 Å². The van der Waals surface area contributed by atoms with Crippen LogP contribution >= 0.6 is 11.8 Å². The Morgan fingerprint density at radius 3 is 2.63 bits per heavy atom. The monoisotopic (exact) mass is 384 g/mol. The normalized spacial score (nSPS) is 22.8. The van der Waals surface area contributed by atoms with Gasteiger partial charge in [-0.25, -0.2) is 9.79 Å². The van der Waals surface area contributed by atoms with Crippen molar-refractivity contribution in [2.24, 2.45) is 15.9 Å². The summed E-state index contributed by atoms with van der Waals surface area (Å²) in [5.74, 6) is 0.633. The molecule has 1 saturated heterocycles. The number of piperazine rings is 1. The molecule has 0 N–H and O–H groups in total. The molecule has 1 aromatic carbocycles. The Morgan fingerprint density at radius 1 is 1.07 bits per heavy atom. The Kier molecular flexibility index (Phi) is 5.57. The van der Waals surface area contributed by atoms with Crippen molar-refractivity contribution in [3.63, 3.8) is 0 Å². The summed E-state index contributed by atoms with van der Waals surface area (Å²) >= 11 is 1.43. The Hall–Kier alpha value is -2.15. The van der Waals surface area contributed by atoms with Gasteiger partial charge in [0.25, 0.3) is 0 Å². The lowest BCUT2D eigenvalue weighted by molar-refractivity contribution is -0.128. The second kappa shape index (κ2) is 8.25. The molecule has 2 aliphatic heterocycles. The number of carbonyl (C=O) groups is 2. The van der Waals surface area contributed by atoms with Crippen molar-refractivity contribution in [2.75, 3.05) is 36.8 Å². The maximum absolute atomic E-state index is 12.6. The van der Waals surface area contributed by atoms with Crippen LogP contribution in [0.3, 0.4) is 0 Å². The number of benzene rings is 1. The van der Waals surface area contributed by atoms with Crippen molar-refractivity contribution >= 4 is 40.1 Å². The van der Waals surface area contributed by atoms with Gasteiger partial charge in [0.15, 0.2) is 0 Å². The van der Waals surface area contributed by atoms with Gasteiger partial charge in [0, 0.05) is 43.5 Å². The van der Waals surface area contributed by atoms with Crippen molar-refractivity contribution in [3.8, 4) is 0 Å². The first-order chi connectivity index (χ1) is 13.2. The predicted molar refractivity (Wildman–Crippen MR) is 110 cm³/mol. The summed E-state index contributed by atoms with van der Waals surface area (Å²) in [4.78, 5) is 36.8. The summed E-state index contributed by atoms with van der Waals surface area (Å²) < 4.78 is 0. The van der Waals surface area contributed by atoms with Crippen LogP contribution in [0, 0.1) is 5.92 Å². The Labute approximate surface area is 163 Å². The number of amides is 3. The minimum atomic E-state index is -0.408. The number of rotatable bonds is 3. The lowest BCUT2D eigenvalue weighted by atomic mass is 9.87. The van der Waals surface area contributed by atoms with Crippen LogP contribution < -0.4 is 4.90 Å². The molecular weight excluding hydrogens is 360 g/mol. The molecule has 1 atom stereocenters. The smallest absolute Gasteiger partial charge is 0.367 e. The zero-order chi connectivity index (χ0) is 18.6. The fourth-order valence-electron chi connectivity index (χ4n) is 3.93. The first-order valence-corrected chi connectivity index (χ1v) is 10.6. The van der Waals surface area contributed by atoms with Crippen LogP contribution in [0.5, 0.6) is 0 Å². The molecule has 27 heavy (non-hydrogen) atoms. The largest absolute Gasteiger partial charge is 0.368 e. The maximum atomic E-state index is 12.6. The first-order valence-electron chi connectivity index (χ1n) is 9.61. The molecule has 6 nitrogen and oxygen atoms in total. The van der Waals surface area contributed by atoms with Gasteiger partial charge in [-0.05, 0) is 31.4 Å². The third kappa shape index (κ3) is 4.24. The van der Waals surface area contributed by atoms with Gasteiger partial charge in [0.05, 0.1) is 10.8 Å². The van der Waals surface area contributed by atoms with E-state index in [1.807, 2.05) is 23.1 Å². The van der Waals surface area contributed by atoms with Crippen molar-refractivity contribution in [1.29, 1.82) is 0 Å². The number of nitrogens with zero attached hydrogens (tertiary/aromatic N) is 4. The van der Waals surface area contributed by atoms with Gasteiger partial charge >= 0.3 is 6.03 Å². The van der Waals surface area contributed by atoms with E-state index >= 15 is 0 Å². The summed E-state index contributed by atoms with van der Waals surface area (Å²) in [5, 5.41) is 0.793. The van der Waals surface area contributed by atoms with E-state index in [2.05, 4.69) is 27.0 Å². The van der Waals surface area contributed by atoms with E-state index in [1.165, 1.54) is 17.4 Å². The Balaban J connectivity index is 1.29. The predicted octanol–water partition coefficient (Wildman–Crippen LogP) is 3.23. The molecule has 0 radical (unpaired) electrons. The zero-order valence-electron chi connectivity index (χ0n) is 15.3. The van der Waals surface area contributed by atoms with Crippen LogP contribution in [0.2, 0.25) is 0 Å². The summed E-state index contributed by atoms with van der Waals surface area (Å²) in [6, 6.07) is 9.90. The molecule has 142 valence electrons. The third-order valence-electron chi connectivity index (χ3n) is 5.42. The molecule has 1 aliphatic carbocycles. The first kappa shape index (κ1) is 18.2. The standard InChI is InChI=1S/C20H24N4O2S/c25-18(24-12-10-23(11-13-24)15-6-2-1-3-7-15)14-27-19-16-8-4-5-9-17(16)21-20(26)22-19/h1-3,6-7,16H,4-5,8-14H2. The second-order valence-electron chi connectivity index (χ2n) is 7.13. The molecule has 1 saturated carbocycles. The van der Waals surface area contributed by atoms with E-state index in [0.717, 1.165) is 62.6 Å². The number of thioether (sulfide) groups is 1. The van der Waals surface area contributed by atoms with Gasteiger partial charge in [-0.3, -0.25) is 4.79 Å². The minimum absolute atomic E-state index is 0.128. The average Bonchev–Trinajstić information content (AvgIpc) is 2.72. The number of aliphatic imine (C=N–C) groups is 2. The van der Waals surface area contributed by atoms with Crippen LogP contribution in [0.25, 0.3) is 0 Å². The third-order valence-corrected chi connectivity index (χ3v) is 6.48. The quantitative estimate of drug-likeness (QED) is 0.803. The van der Waals surface area contributed by atoms with Gasteiger partial charge in [0.2, 0.25) is 5.91 Å². The van der Waals surface area contributed by atoms with E-state index in [0.29, 0.717) is 5.75 Å². The molecule has 3 aliphatic rings. The molecule has 3 amide bonds. The minimum Gasteiger partial charge on any atom is -0.368 e. The van der Waals surface area contributed by atoms with Crippen LogP contribution in [-0.2, 0) is 4.79 Å². The Bertz CT molecular complexity index is 769. The van der Waals surface area contributed by atoms with Crippen molar-refractivity contribution < 1.29 is 9.59 Å². The van der Waals surface area contributed by atoms with Crippen LogP contribution in [-0.4, -0.2) is 59.5 Å².